The van der Waals surface area contributed by atoms with Gasteiger partial charge in [0, 0.05) is 6.21 Å². The Morgan fingerprint density at radius 3 is 2.77 bits per heavy atom. The molecule has 0 amide bonds. The van der Waals surface area contributed by atoms with E-state index >= 15 is 0 Å². The van der Waals surface area contributed by atoms with E-state index in [-0.39, 0.29) is 0 Å². The fourth-order valence-corrected chi connectivity index (χ4v) is 0.946. The van der Waals surface area contributed by atoms with Crippen molar-refractivity contribution in [2.75, 3.05) is 7.11 Å². The van der Waals surface area contributed by atoms with Crippen LogP contribution in [-0.4, -0.2) is 13.3 Å². The minimum atomic E-state index is 0.795. The van der Waals surface area contributed by atoms with E-state index < -0.39 is 0 Å². The fraction of sp³-hybridized carbons (Fsp3) is 0.182. The van der Waals surface area contributed by atoms with Gasteiger partial charge in [0.1, 0.15) is 11.4 Å². The fourth-order valence-electron chi connectivity index (χ4n) is 0.946. The number of hydrogen-bond donors (Lipinski definition) is 0. The van der Waals surface area contributed by atoms with Gasteiger partial charge < -0.3 is 4.74 Å². The highest BCUT2D eigenvalue weighted by Gasteiger charge is 1.95. The first-order chi connectivity index (χ1) is 6.38. The zero-order valence-electron chi connectivity index (χ0n) is 7.90. The first-order valence-electron chi connectivity index (χ1n) is 4.17. The molecule has 0 heterocycles. The quantitative estimate of drug-likeness (QED) is 0.647. The van der Waals surface area contributed by atoms with Crippen LogP contribution in [0.5, 0.6) is 5.75 Å². The predicted molar refractivity (Wildman–Crippen MR) is 56.0 cm³/mol. The summed E-state index contributed by atoms with van der Waals surface area (Å²) in [4.78, 5) is 4.23. The number of aliphatic imine (C=N–C) groups is 1. The van der Waals surface area contributed by atoms with Gasteiger partial charge in [-0.05, 0) is 25.1 Å². The summed E-state index contributed by atoms with van der Waals surface area (Å²) in [6.07, 6.45) is 5.56. The number of hydrogen-bond acceptors (Lipinski definition) is 2. The summed E-state index contributed by atoms with van der Waals surface area (Å²) in [5.41, 5.74) is 0.850. The molecule has 0 saturated carbocycles. The molecule has 1 rings (SSSR count). The molecule has 1 aromatic rings. The molecule has 0 radical (unpaired) electrons. The van der Waals surface area contributed by atoms with Gasteiger partial charge in [-0.25, -0.2) is 0 Å². The van der Waals surface area contributed by atoms with Gasteiger partial charge in [-0.2, -0.15) is 0 Å². The van der Waals surface area contributed by atoms with Crippen LogP contribution < -0.4 is 4.74 Å². The molecule has 0 bridgehead atoms. The molecule has 0 unspecified atom stereocenters. The van der Waals surface area contributed by atoms with Crippen LogP contribution in [0, 0.1) is 0 Å². The van der Waals surface area contributed by atoms with Crippen molar-refractivity contribution in [3.05, 3.63) is 36.4 Å². The lowest BCUT2D eigenvalue weighted by atomic mass is 10.3. The zero-order chi connectivity index (χ0) is 9.52. The van der Waals surface area contributed by atoms with Gasteiger partial charge in [-0.15, -0.1) is 0 Å². The normalized spacial score (nSPS) is 11.2. The summed E-state index contributed by atoms with van der Waals surface area (Å²) in [7, 11) is 1.64. The molecule has 1 aromatic carbocycles. The summed E-state index contributed by atoms with van der Waals surface area (Å²) in [6.45, 7) is 1.95. The lowest BCUT2D eigenvalue weighted by Gasteiger charge is -2.01. The Balaban J connectivity index is 2.86. The standard InChI is InChI=1S/C11H13NO/c1-3-4-9-12-10-7-5-6-8-11(10)13-2/h3-9H,1-2H3. The van der Waals surface area contributed by atoms with Crippen LogP contribution >= 0.6 is 0 Å². The summed E-state index contributed by atoms with van der Waals surface area (Å²) in [6, 6.07) is 7.67. The average molecular weight is 175 g/mol. The highest BCUT2D eigenvalue weighted by molar-refractivity contribution is 5.75. The molecule has 0 spiro atoms. The van der Waals surface area contributed by atoms with Gasteiger partial charge in [-0.1, -0.05) is 18.2 Å². The van der Waals surface area contributed by atoms with Crippen LogP contribution in [0.3, 0.4) is 0 Å². The van der Waals surface area contributed by atoms with E-state index in [4.69, 9.17) is 4.74 Å². The highest BCUT2D eigenvalue weighted by Crippen LogP contribution is 2.25. The maximum atomic E-state index is 5.14. The van der Waals surface area contributed by atoms with Gasteiger partial charge in [-0.3, -0.25) is 4.99 Å². The lowest BCUT2D eigenvalue weighted by molar-refractivity contribution is 0.416. The number of ether oxygens (including phenoxy) is 1. The zero-order valence-corrected chi connectivity index (χ0v) is 7.90. The van der Waals surface area contributed by atoms with E-state index in [1.165, 1.54) is 0 Å². The smallest absolute Gasteiger partial charge is 0.144 e. The van der Waals surface area contributed by atoms with Crippen molar-refractivity contribution < 1.29 is 4.74 Å². The maximum absolute atomic E-state index is 5.14. The Labute approximate surface area is 78.6 Å². The van der Waals surface area contributed by atoms with Crippen molar-refractivity contribution in [3.8, 4) is 5.75 Å². The molecule has 2 nitrogen and oxygen atoms in total. The first-order valence-corrected chi connectivity index (χ1v) is 4.17. The van der Waals surface area contributed by atoms with Crippen molar-refractivity contribution in [1.82, 2.24) is 0 Å². The van der Waals surface area contributed by atoms with E-state index in [1.54, 1.807) is 13.3 Å². The number of methoxy groups -OCH3 is 1. The van der Waals surface area contributed by atoms with Gasteiger partial charge in [0.25, 0.3) is 0 Å². The monoisotopic (exact) mass is 175 g/mol. The van der Waals surface area contributed by atoms with Gasteiger partial charge in [0.15, 0.2) is 0 Å². The van der Waals surface area contributed by atoms with E-state index in [9.17, 15) is 0 Å². The molecule has 68 valence electrons. The molecule has 0 atom stereocenters. The number of benzene rings is 1. The Morgan fingerprint density at radius 2 is 2.08 bits per heavy atom. The highest BCUT2D eigenvalue weighted by atomic mass is 16.5. The average Bonchev–Trinajstić information content (AvgIpc) is 2.19. The topological polar surface area (TPSA) is 21.6 Å². The second-order valence-electron chi connectivity index (χ2n) is 2.48. The van der Waals surface area contributed by atoms with Crippen LogP contribution in [0.25, 0.3) is 0 Å². The van der Waals surface area contributed by atoms with Crippen molar-refractivity contribution in [2.45, 2.75) is 6.92 Å². The molecular formula is C11H13NO. The lowest BCUT2D eigenvalue weighted by Crippen LogP contribution is -1.81. The molecule has 13 heavy (non-hydrogen) atoms. The van der Waals surface area contributed by atoms with Crippen LogP contribution in [0.2, 0.25) is 0 Å². The maximum Gasteiger partial charge on any atom is 0.144 e. The number of rotatable bonds is 3. The van der Waals surface area contributed by atoms with Gasteiger partial charge in [0.05, 0.1) is 7.11 Å². The first kappa shape index (κ1) is 9.52. The van der Waals surface area contributed by atoms with Gasteiger partial charge >= 0.3 is 0 Å². The molecule has 0 saturated heterocycles. The number of allylic oxidation sites excluding steroid dienone is 2. The number of para-hydroxylation sites is 2. The van der Waals surface area contributed by atoms with Crippen molar-refractivity contribution in [1.29, 1.82) is 0 Å². The Hall–Kier alpha value is -1.57. The predicted octanol–water partition coefficient (Wildman–Crippen LogP) is 2.97. The van der Waals surface area contributed by atoms with E-state index in [2.05, 4.69) is 4.99 Å². The molecule has 0 N–H and O–H groups in total. The third-order valence-corrected chi connectivity index (χ3v) is 1.58. The summed E-state index contributed by atoms with van der Waals surface area (Å²) in [5, 5.41) is 0. The third kappa shape index (κ3) is 2.75. The Morgan fingerprint density at radius 1 is 1.31 bits per heavy atom. The van der Waals surface area contributed by atoms with E-state index in [0.717, 1.165) is 11.4 Å². The van der Waals surface area contributed by atoms with Gasteiger partial charge in [0.2, 0.25) is 0 Å². The molecule has 2 heteroatoms. The largest absolute Gasteiger partial charge is 0.494 e. The van der Waals surface area contributed by atoms with Crippen molar-refractivity contribution >= 4 is 11.9 Å². The molecule has 0 aliphatic rings. The molecule has 0 fully saturated rings. The van der Waals surface area contributed by atoms with E-state index in [0.29, 0.717) is 0 Å². The second kappa shape index (κ2) is 5.14. The van der Waals surface area contributed by atoms with Crippen LogP contribution in [0.4, 0.5) is 5.69 Å². The molecule has 0 aliphatic carbocycles. The molecular weight excluding hydrogens is 162 g/mol. The van der Waals surface area contributed by atoms with Crippen LogP contribution in [0.1, 0.15) is 6.92 Å². The minimum absolute atomic E-state index is 0.795. The number of nitrogens with zero attached hydrogens (tertiary/aromatic N) is 1. The Bertz CT molecular complexity index is 316. The van der Waals surface area contributed by atoms with Crippen LogP contribution in [-0.2, 0) is 0 Å². The summed E-state index contributed by atoms with van der Waals surface area (Å²) >= 11 is 0. The van der Waals surface area contributed by atoms with Crippen molar-refractivity contribution in [3.63, 3.8) is 0 Å². The van der Waals surface area contributed by atoms with Crippen molar-refractivity contribution in [2.24, 2.45) is 4.99 Å². The van der Waals surface area contributed by atoms with E-state index in [1.807, 2.05) is 43.3 Å². The summed E-state index contributed by atoms with van der Waals surface area (Å²) < 4.78 is 5.14. The molecule has 0 aromatic heterocycles. The summed E-state index contributed by atoms with van der Waals surface area (Å²) in [5.74, 6) is 0.795. The molecule has 0 aliphatic heterocycles. The minimum Gasteiger partial charge on any atom is -0.494 e. The van der Waals surface area contributed by atoms with Crippen LogP contribution in [0.15, 0.2) is 41.4 Å². The SMILES string of the molecule is CC=CC=Nc1ccccc1OC. The third-order valence-electron chi connectivity index (χ3n) is 1.58. The second-order valence-corrected chi connectivity index (χ2v) is 2.48. The Kier molecular flexibility index (Phi) is 3.76.